The third-order valence-electron chi connectivity index (χ3n) is 4.45. The van der Waals surface area contributed by atoms with Crippen molar-refractivity contribution in [3.63, 3.8) is 0 Å². The molecule has 21 heavy (non-hydrogen) atoms. The van der Waals surface area contributed by atoms with Crippen molar-refractivity contribution < 1.29 is 18.1 Å². The van der Waals surface area contributed by atoms with E-state index in [1.165, 1.54) is 13.2 Å². The molecule has 1 aromatic rings. The zero-order valence-corrected chi connectivity index (χ0v) is 12.7. The minimum absolute atomic E-state index is 0.110. The first-order valence-electron chi connectivity index (χ1n) is 7.23. The summed E-state index contributed by atoms with van der Waals surface area (Å²) in [5.41, 5.74) is 0.202. The summed E-state index contributed by atoms with van der Waals surface area (Å²) in [7, 11) is 0.604. The van der Waals surface area contributed by atoms with Gasteiger partial charge in [0.2, 0.25) is 5.88 Å². The molecule has 2 fully saturated rings. The number of hydrogen-bond donors (Lipinski definition) is 0. The number of methoxy groups -OCH3 is 1. The van der Waals surface area contributed by atoms with Crippen molar-refractivity contribution >= 4 is 16.6 Å². The SMILES string of the molecule is COc1ncc(F)cc1C(=O)C1CC2CCCC(C1)S2=O. The molecule has 0 spiro atoms. The lowest BCUT2D eigenvalue weighted by Gasteiger charge is -2.37. The maximum atomic E-state index is 13.4. The fourth-order valence-corrected chi connectivity index (χ4v) is 5.62. The second-order valence-electron chi connectivity index (χ2n) is 5.75. The van der Waals surface area contributed by atoms with Crippen LogP contribution in [0.2, 0.25) is 0 Å². The summed E-state index contributed by atoms with van der Waals surface area (Å²) >= 11 is 0. The molecule has 0 aliphatic carbocycles. The Kier molecular flexibility index (Phi) is 4.06. The Balaban J connectivity index is 1.86. The molecule has 0 radical (unpaired) electrons. The summed E-state index contributed by atoms with van der Waals surface area (Å²) in [6.07, 6.45) is 5.23. The van der Waals surface area contributed by atoms with Crippen molar-refractivity contribution in [1.29, 1.82) is 0 Å². The highest BCUT2D eigenvalue weighted by molar-refractivity contribution is 7.86. The Labute approximate surface area is 125 Å². The van der Waals surface area contributed by atoms with Crippen molar-refractivity contribution in [2.45, 2.75) is 42.6 Å². The van der Waals surface area contributed by atoms with Gasteiger partial charge in [-0.1, -0.05) is 6.42 Å². The van der Waals surface area contributed by atoms with Crippen molar-refractivity contribution in [2.75, 3.05) is 7.11 Å². The molecule has 2 unspecified atom stereocenters. The first-order chi connectivity index (χ1) is 10.1. The van der Waals surface area contributed by atoms with Crippen molar-refractivity contribution in [3.8, 4) is 5.88 Å². The fraction of sp³-hybridized carbons (Fsp3) is 0.600. The van der Waals surface area contributed by atoms with E-state index in [1.807, 2.05) is 0 Å². The van der Waals surface area contributed by atoms with Crippen LogP contribution < -0.4 is 4.74 Å². The van der Waals surface area contributed by atoms with E-state index in [0.29, 0.717) is 12.8 Å². The summed E-state index contributed by atoms with van der Waals surface area (Å²) in [6, 6.07) is 1.19. The molecule has 0 saturated carbocycles. The molecule has 114 valence electrons. The maximum Gasteiger partial charge on any atom is 0.224 e. The maximum absolute atomic E-state index is 13.4. The Bertz CT molecular complexity index is 576. The van der Waals surface area contributed by atoms with E-state index in [2.05, 4.69) is 4.98 Å². The predicted octanol–water partition coefficient (Wildman–Crippen LogP) is 2.49. The zero-order valence-electron chi connectivity index (χ0n) is 11.9. The van der Waals surface area contributed by atoms with Crippen LogP contribution in [0.3, 0.4) is 0 Å². The molecular weight excluding hydrogens is 293 g/mol. The topological polar surface area (TPSA) is 56.3 Å². The smallest absolute Gasteiger partial charge is 0.224 e. The van der Waals surface area contributed by atoms with Crippen molar-refractivity contribution in [3.05, 3.63) is 23.6 Å². The van der Waals surface area contributed by atoms with Gasteiger partial charge in [-0.2, -0.15) is 0 Å². The Hall–Kier alpha value is -1.30. The minimum Gasteiger partial charge on any atom is -0.480 e. The lowest BCUT2D eigenvalue weighted by Crippen LogP contribution is -2.41. The normalized spacial score (nSPS) is 31.7. The number of carbonyl (C=O) groups is 1. The number of carbonyl (C=O) groups excluding carboxylic acids is 1. The molecule has 2 aliphatic heterocycles. The van der Waals surface area contributed by atoms with Crippen LogP contribution >= 0.6 is 0 Å². The molecule has 6 heteroatoms. The number of Topliss-reactive ketones (excluding diaryl/α,β-unsaturated/α-hetero) is 1. The first-order valence-corrected chi connectivity index (χ1v) is 8.51. The molecule has 4 nitrogen and oxygen atoms in total. The third kappa shape index (κ3) is 2.73. The van der Waals surface area contributed by atoms with E-state index in [-0.39, 0.29) is 33.6 Å². The van der Waals surface area contributed by atoms with Gasteiger partial charge in [0, 0.05) is 27.2 Å². The second-order valence-corrected chi connectivity index (χ2v) is 7.74. The molecule has 2 saturated heterocycles. The molecule has 2 atom stereocenters. The quantitative estimate of drug-likeness (QED) is 0.805. The van der Waals surface area contributed by atoms with Gasteiger partial charge in [0.05, 0.1) is 18.9 Å². The Morgan fingerprint density at radius 1 is 1.38 bits per heavy atom. The average Bonchev–Trinajstić information content (AvgIpc) is 2.46. The molecule has 3 heterocycles. The summed E-state index contributed by atoms with van der Waals surface area (Å²) in [4.78, 5) is 16.5. The predicted molar refractivity (Wildman–Crippen MR) is 77.4 cm³/mol. The van der Waals surface area contributed by atoms with E-state index in [4.69, 9.17) is 4.74 Å². The number of pyridine rings is 1. The highest BCUT2D eigenvalue weighted by Gasteiger charge is 2.41. The van der Waals surface area contributed by atoms with Crippen LogP contribution in [0, 0.1) is 11.7 Å². The van der Waals surface area contributed by atoms with E-state index in [0.717, 1.165) is 25.5 Å². The average molecular weight is 311 g/mol. The number of ether oxygens (including phenoxy) is 1. The number of halogens is 1. The fourth-order valence-electron chi connectivity index (χ4n) is 3.43. The molecule has 2 aliphatic rings. The largest absolute Gasteiger partial charge is 0.480 e. The molecule has 0 aromatic carbocycles. The van der Waals surface area contributed by atoms with Crippen LogP contribution in [0.4, 0.5) is 4.39 Å². The number of ketones is 1. The molecule has 0 N–H and O–H groups in total. The van der Waals surface area contributed by atoms with Crippen LogP contribution in [0.15, 0.2) is 12.3 Å². The zero-order chi connectivity index (χ0) is 15.0. The number of fused-ring (bicyclic) bond motifs is 2. The monoisotopic (exact) mass is 311 g/mol. The standard InChI is InChI=1S/C15H18FNO3S/c1-20-15-13(7-10(16)8-17-15)14(18)9-5-11-3-2-4-12(6-9)21(11)19/h7-9,11-12H,2-6H2,1H3. The second kappa shape index (κ2) is 5.83. The Morgan fingerprint density at radius 3 is 2.67 bits per heavy atom. The molecular formula is C15H18FNO3S. The van der Waals surface area contributed by atoms with Crippen LogP contribution in [-0.2, 0) is 10.8 Å². The number of aromatic nitrogens is 1. The van der Waals surface area contributed by atoms with Gasteiger partial charge in [-0.15, -0.1) is 0 Å². The molecule has 3 rings (SSSR count). The van der Waals surface area contributed by atoms with Gasteiger partial charge in [-0.3, -0.25) is 9.00 Å². The number of nitrogens with zero attached hydrogens (tertiary/aromatic N) is 1. The summed E-state index contributed by atoms with van der Waals surface area (Å²) in [5.74, 6) is -0.708. The summed E-state index contributed by atoms with van der Waals surface area (Å²) in [6.45, 7) is 0. The van der Waals surface area contributed by atoms with Gasteiger partial charge >= 0.3 is 0 Å². The number of hydrogen-bond acceptors (Lipinski definition) is 4. The van der Waals surface area contributed by atoms with E-state index >= 15 is 0 Å². The van der Waals surface area contributed by atoms with Gasteiger partial charge in [0.1, 0.15) is 5.82 Å². The van der Waals surface area contributed by atoms with E-state index in [9.17, 15) is 13.4 Å². The van der Waals surface area contributed by atoms with Gasteiger partial charge in [-0.05, 0) is 31.7 Å². The molecule has 0 amide bonds. The van der Waals surface area contributed by atoms with E-state index in [1.54, 1.807) is 0 Å². The van der Waals surface area contributed by atoms with Crippen LogP contribution in [0.1, 0.15) is 42.5 Å². The van der Waals surface area contributed by atoms with Gasteiger partial charge < -0.3 is 4.74 Å². The first kappa shape index (κ1) is 14.6. The summed E-state index contributed by atoms with van der Waals surface area (Å²) < 4.78 is 30.6. The lowest BCUT2D eigenvalue weighted by molar-refractivity contribution is 0.0891. The Morgan fingerprint density at radius 2 is 2.05 bits per heavy atom. The highest BCUT2D eigenvalue weighted by atomic mass is 32.2. The van der Waals surface area contributed by atoms with Crippen LogP contribution in [0.5, 0.6) is 5.88 Å². The third-order valence-corrected chi connectivity index (χ3v) is 6.62. The molecule has 2 bridgehead atoms. The van der Waals surface area contributed by atoms with Gasteiger partial charge in [-0.25, -0.2) is 9.37 Å². The van der Waals surface area contributed by atoms with Crippen LogP contribution in [0.25, 0.3) is 0 Å². The molecule has 1 aromatic heterocycles. The van der Waals surface area contributed by atoms with Crippen molar-refractivity contribution in [2.24, 2.45) is 5.92 Å². The minimum atomic E-state index is -0.814. The highest BCUT2D eigenvalue weighted by Crippen LogP contribution is 2.39. The summed E-state index contributed by atoms with van der Waals surface area (Å²) in [5, 5.41) is 0.220. The van der Waals surface area contributed by atoms with E-state index < -0.39 is 16.6 Å². The van der Waals surface area contributed by atoms with Gasteiger partial charge in [0.15, 0.2) is 5.78 Å². The van der Waals surface area contributed by atoms with Crippen LogP contribution in [-0.4, -0.2) is 32.6 Å². The lowest BCUT2D eigenvalue weighted by atomic mass is 9.84. The van der Waals surface area contributed by atoms with Gasteiger partial charge in [0.25, 0.3) is 0 Å². The number of rotatable bonds is 3. The van der Waals surface area contributed by atoms with Crippen molar-refractivity contribution in [1.82, 2.24) is 4.98 Å².